The molecule has 0 saturated carbocycles. The molecule has 2 aromatic rings. The molecule has 21 heavy (non-hydrogen) atoms. The molecule has 1 aromatic heterocycles. The van der Waals surface area contributed by atoms with Crippen molar-refractivity contribution in [2.75, 3.05) is 17.7 Å². The van der Waals surface area contributed by atoms with Crippen LogP contribution in [0.1, 0.15) is 22.8 Å². The molecule has 0 fully saturated rings. The van der Waals surface area contributed by atoms with E-state index in [4.69, 9.17) is 22.1 Å². The van der Waals surface area contributed by atoms with Crippen molar-refractivity contribution in [1.29, 1.82) is 0 Å². The van der Waals surface area contributed by atoms with Crippen molar-refractivity contribution in [3.8, 4) is 0 Å². The van der Waals surface area contributed by atoms with Gasteiger partial charge in [-0.1, -0.05) is 23.7 Å². The molecule has 0 amide bonds. The SMILES string of the molecule is CCOC(=O)c1ccnc(NCc2ccc(Cl)cc2)c1N. The third-order valence-electron chi connectivity index (χ3n) is 2.86. The van der Waals surface area contributed by atoms with Crippen molar-refractivity contribution in [2.24, 2.45) is 0 Å². The lowest BCUT2D eigenvalue weighted by molar-refractivity contribution is 0.0527. The zero-order valence-corrected chi connectivity index (χ0v) is 12.4. The first kappa shape index (κ1) is 15.1. The molecule has 1 aromatic carbocycles. The van der Waals surface area contributed by atoms with Gasteiger partial charge in [0.2, 0.25) is 0 Å². The molecule has 6 heteroatoms. The summed E-state index contributed by atoms with van der Waals surface area (Å²) in [7, 11) is 0. The Morgan fingerprint density at radius 1 is 1.33 bits per heavy atom. The number of aromatic nitrogens is 1. The lowest BCUT2D eigenvalue weighted by atomic mass is 10.2. The Morgan fingerprint density at radius 2 is 2.05 bits per heavy atom. The van der Waals surface area contributed by atoms with E-state index in [1.54, 1.807) is 13.0 Å². The number of anilines is 2. The minimum absolute atomic E-state index is 0.282. The fraction of sp³-hybridized carbons (Fsp3) is 0.200. The van der Waals surface area contributed by atoms with Gasteiger partial charge in [0.05, 0.1) is 17.9 Å². The summed E-state index contributed by atoms with van der Waals surface area (Å²) in [6.07, 6.45) is 1.52. The van der Waals surface area contributed by atoms with Crippen LogP contribution < -0.4 is 11.1 Å². The van der Waals surface area contributed by atoms with E-state index in [2.05, 4.69) is 10.3 Å². The Balaban J connectivity index is 2.11. The summed E-state index contributed by atoms with van der Waals surface area (Å²) in [6, 6.07) is 8.97. The van der Waals surface area contributed by atoms with E-state index < -0.39 is 5.97 Å². The van der Waals surface area contributed by atoms with Gasteiger partial charge in [0, 0.05) is 17.8 Å². The largest absolute Gasteiger partial charge is 0.462 e. The number of carbonyl (C=O) groups is 1. The van der Waals surface area contributed by atoms with Crippen LogP contribution >= 0.6 is 11.6 Å². The first-order valence-electron chi connectivity index (χ1n) is 6.51. The number of pyridine rings is 1. The molecule has 5 nitrogen and oxygen atoms in total. The maximum Gasteiger partial charge on any atom is 0.340 e. The summed E-state index contributed by atoms with van der Waals surface area (Å²) in [5, 5.41) is 3.78. The summed E-state index contributed by atoms with van der Waals surface area (Å²) in [6.45, 7) is 2.57. The number of nitrogen functional groups attached to an aromatic ring is 1. The Hall–Kier alpha value is -2.27. The van der Waals surface area contributed by atoms with Crippen molar-refractivity contribution in [3.63, 3.8) is 0 Å². The molecule has 0 aliphatic carbocycles. The van der Waals surface area contributed by atoms with E-state index in [0.29, 0.717) is 29.6 Å². The van der Waals surface area contributed by atoms with Gasteiger partial charge in [0.15, 0.2) is 0 Å². The Kier molecular flexibility index (Phi) is 5.00. The van der Waals surface area contributed by atoms with Crippen molar-refractivity contribution in [3.05, 3.63) is 52.7 Å². The summed E-state index contributed by atoms with van der Waals surface area (Å²) in [5.41, 5.74) is 7.58. The summed E-state index contributed by atoms with van der Waals surface area (Å²) in [4.78, 5) is 15.9. The standard InChI is InChI=1S/C15H16ClN3O2/c1-2-21-15(20)12-7-8-18-14(13(12)17)19-9-10-3-5-11(16)6-4-10/h3-8H,2,9,17H2,1H3,(H,18,19). The van der Waals surface area contributed by atoms with E-state index in [9.17, 15) is 4.79 Å². The molecule has 0 bridgehead atoms. The maximum absolute atomic E-state index is 11.8. The minimum Gasteiger partial charge on any atom is -0.462 e. The number of carbonyl (C=O) groups excluding carboxylic acids is 1. The number of nitrogens with one attached hydrogen (secondary N) is 1. The molecule has 3 N–H and O–H groups in total. The second kappa shape index (κ2) is 6.95. The maximum atomic E-state index is 11.8. The fourth-order valence-corrected chi connectivity index (χ4v) is 1.91. The zero-order chi connectivity index (χ0) is 15.2. The number of hydrogen-bond acceptors (Lipinski definition) is 5. The molecule has 0 atom stereocenters. The Labute approximate surface area is 128 Å². The van der Waals surface area contributed by atoms with Crippen LogP contribution in [0, 0.1) is 0 Å². The van der Waals surface area contributed by atoms with Crippen molar-refractivity contribution >= 4 is 29.1 Å². The summed E-state index contributed by atoms with van der Waals surface area (Å²) < 4.78 is 4.95. The first-order chi connectivity index (χ1) is 10.1. The molecule has 2 rings (SSSR count). The molecule has 0 aliphatic rings. The van der Waals surface area contributed by atoms with Crippen molar-refractivity contribution in [2.45, 2.75) is 13.5 Å². The molecule has 0 spiro atoms. The van der Waals surface area contributed by atoms with Gasteiger partial charge in [-0.2, -0.15) is 0 Å². The van der Waals surface area contributed by atoms with E-state index in [1.807, 2.05) is 24.3 Å². The van der Waals surface area contributed by atoms with E-state index >= 15 is 0 Å². The highest BCUT2D eigenvalue weighted by Gasteiger charge is 2.14. The number of ether oxygens (including phenoxy) is 1. The monoisotopic (exact) mass is 305 g/mol. The normalized spacial score (nSPS) is 10.2. The predicted octanol–water partition coefficient (Wildman–Crippen LogP) is 3.11. The number of nitrogens with two attached hydrogens (primary N) is 1. The predicted molar refractivity (Wildman–Crippen MR) is 83.4 cm³/mol. The van der Waals surface area contributed by atoms with Gasteiger partial charge in [-0.15, -0.1) is 0 Å². The quantitative estimate of drug-likeness (QED) is 0.830. The van der Waals surface area contributed by atoms with Gasteiger partial charge < -0.3 is 15.8 Å². The molecule has 0 aliphatic heterocycles. The van der Waals surface area contributed by atoms with Crippen LogP contribution in [-0.4, -0.2) is 17.6 Å². The van der Waals surface area contributed by atoms with Gasteiger partial charge in [-0.25, -0.2) is 9.78 Å². The number of benzene rings is 1. The van der Waals surface area contributed by atoms with E-state index in [1.165, 1.54) is 6.20 Å². The van der Waals surface area contributed by atoms with Crippen LogP contribution in [0.25, 0.3) is 0 Å². The highest BCUT2D eigenvalue weighted by atomic mass is 35.5. The Bertz CT molecular complexity index is 629. The van der Waals surface area contributed by atoms with Gasteiger partial charge in [0.25, 0.3) is 0 Å². The molecular formula is C15H16ClN3O2. The highest BCUT2D eigenvalue weighted by molar-refractivity contribution is 6.30. The van der Waals surface area contributed by atoms with Crippen LogP contribution in [0.2, 0.25) is 5.02 Å². The van der Waals surface area contributed by atoms with Crippen molar-refractivity contribution < 1.29 is 9.53 Å². The topological polar surface area (TPSA) is 77.2 Å². The average Bonchev–Trinajstić information content (AvgIpc) is 2.48. The number of hydrogen-bond donors (Lipinski definition) is 2. The number of halogens is 1. The van der Waals surface area contributed by atoms with Crippen LogP contribution in [0.15, 0.2) is 36.5 Å². The number of rotatable bonds is 5. The lowest BCUT2D eigenvalue weighted by Crippen LogP contribution is -2.11. The summed E-state index contributed by atoms with van der Waals surface area (Å²) in [5.74, 6) is 0.00226. The molecular weight excluding hydrogens is 290 g/mol. The molecule has 0 radical (unpaired) electrons. The summed E-state index contributed by atoms with van der Waals surface area (Å²) >= 11 is 5.84. The molecule has 110 valence electrons. The number of nitrogens with zero attached hydrogens (tertiary/aromatic N) is 1. The molecule has 0 saturated heterocycles. The number of esters is 1. The third kappa shape index (κ3) is 3.86. The van der Waals surface area contributed by atoms with Gasteiger partial charge >= 0.3 is 5.97 Å². The van der Waals surface area contributed by atoms with Gasteiger partial charge in [-0.3, -0.25) is 0 Å². The zero-order valence-electron chi connectivity index (χ0n) is 11.6. The van der Waals surface area contributed by atoms with Crippen LogP contribution in [-0.2, 0) is 11.3 Å². The fourth-order valence-electron chi connectivity index (χ4n) is 1.79. The van der Waals surface area contributed by atoms with E-state index in [-0.39, 0.29) is 5.69 Å². The molecule has 1 heterocycles. The lowest BCUT2D eigenvalue weighted by Gasteiger charge is -2.11. The van der Waals surface area contributed by atoms with Gasteiger partial charge in [0.1, 0.15) is 5.82 Å². The minimum atomic E-state index is -0.452. The highest BCUT2D eigenvalue weighted by Crippen LogP contribution is 2.21. The Morgan fingerprint density at radius 3 is 2.71 bits per heavy atom. The van der Waals surface area contributed by atoms with Crippen molar-refractivity contribution in [1.82, 2.24) is 4.98 Å². The third-order valence-corrected chi connectivity index (χ3v) is 3.11. The second-order valence-electron chi connectivity index (χ2n) is 4.32. The van der Waals surface area contributed by atoms with Crippen LogP contribution in [0.5, 0.6) is 0 Å². The van der Waals surface area contributed by atoms with Crippen LogP contribution in [0.3, 0.4) is 0 Å². The molecule has 0 unspecified atom stereocenters. The van der Waals surface area contributed by atoms with E-state index in [0.717, 1.165) is 5.56 Å². The average molecular weight is 306 g/mol. The second-order valence-corrected chi connectivity index (χ2v) is 4.76. The smallest absolute Gasteiger partial charge is 0.340 e. The van der Waals surface area contributed by atoms with Gasteiger partial charge in [-0.05, 0) is 30.7 Å². The van der Waals surface area contributed by atoms with Crippen LogP contribution in [0.4, 0.5) is 11.5 Å². The first-order valence-corrected chi connectivity index (χ1v) is 6.89.